The van der Waals surface area contributed by atoms with E-state index < -0.39 is 11.6 Å². The molecular weight excluding hydrogens is 230 g/mol. The van der Waals surface area contributed by atoms with Gasteiger partial charge in [-0.2, -0.15) is 0 Å². The molecule has 4 nitrogen and oxygen atoms in total. The van der Waals surface area contributed by atoms with Crippen LogP contribution >= 0.6 is 0 Å². The van der Waals surface area contributed by atoms with E-state index in [2.05, 4.69) is 9.97 Å². The first kappa shape index (κ1) is 11.1. The number of ether oxygens (including phenoxy) is 1. The first-order valence-corrected chi connectivity index (χ1v) is 4.58. The molecule has 0 atom stereocenters. The van der Waals surface area contributed by atoms with Crippen molar-refractivity contribution in [3.8, 4) is 11.8 Å². The molecule has 0 aliphatic carbocycles. The van der Waals surface area contributed by atoms with Gasteiger partial charge in [0.05, 0.1) is 5.56 Å². The predicted molar refractivity (Wildman–Crippen MR) is 53.9 cm³/mol. The van der Waals surface area contributed by atoms with Crippen molar-refractivity contribution in [3.05, 3.63) is 47.8 Å². The molecule has 17 heavy (non-hydrogen) atoms. The minimum Gasteiger partial charge on any atom is -0.424 e. The average molecular weight is 236 g/mol. The maximum absolute atomic E-state index is 12.8. The van der Waals surface area contributed by atoms with Crippen LogP contribution in [0.15, 0.2) is 30.6 Å². The van der Waals surface area contributed by atoms with Crippen LogP contribution in [0.4, 0.5) is 8.78 Å². The Bertz CT molecular complexity index is 523. The summed E-state index contributed by atoms with van der Waals surface area (Å²) >= 11 is 0. The van der Waals surface area contributed by atoms with Gasteiger partial charge in [0.15, 0.2) is 6.29 Å². The number of aromatic nitrogens is 2. The average Bonchev–Trinajstić information content (AvgIpc) is 2.28. The zero-order valence-electron chi connectivity index (χ0n) is 8.43. The molecule has 1 heterocycles. The van der Waals surface area contributed by atoms with Crippen LogP contribution in [-0.4, -0.2) is 16.3 Å². The second-order valence-corrected chi connectivity index (χ2v) is 3.12. The predicted octanol–water partition coefficient (Wildman–Crippen LogP) is 2.36. The summed E-state index contributed by atoms with van der Waals surface area (Å²) in [5, 5.41) is 0. The third kappa shape index (κ3) is 2.81. The van der Waals surface area contributed by atoms with Crippen molar-refractivity contribution in [3.63, 3.8) is 0 Å². The normalized spacial score (nSPS) is 10.0. The van der Waals surface area contributed by atoms with Crippen molar-refractivity contribution >= 4 is 6.29 Å². The number of aldehydes is 1. The lowest BCUT2D eigenvalue weighted by molar-refractivity contribution is 0.112. The molecular formula is C11H6F2N2O2. The van der Waals surface area contributed by atoms with E-state index in [0.29, 0.717) is 6.29 Å². The highest BCUT2D eigenvalue weighted by Crippen LogP contribution is 2.19. The summed E-state index contributed by atoms with van der Waals surface area (Å²) in [5.74, 6) is -1.57. The van der Waals surface area contributed by atoms with E-state index in [1.165, 1.54) is 12.4 Å². The number of benzene rings is 1. The lowest BCUT2D eigenvalue weighted by Crippen LogP contribution is -1.94. The molecule has 6 heteroatoms. The highest BCUT2D eigenvalue weighted by Gasteiger charge is 2.04. The highest BCUT2D eigenvalue weighted by atomic mass is 19.1. The van der Waals surface area contributed by atoms with Gasteiger partial charge >= 0.3 is 6.01 Å². The van der Waals surface area contributed by atoms with Crippen LogP contribution in [0.2, 0.25) is 0 Å². The zero-order chi connectivity index (χ0) is 12.3. The van der Waals surface area contributed by atoms with Gasteiger partial charge in [-0.05, 0) is 0 Å². The molecule has 0 radical (unpaired) electrons. The van der Waals surface area contributed by atoms with Crippen LogP contribution in [0.3, 0.4) is 0 Å². The number of hydrogen-bond acceptors (Lipinski definition) is 4. The van der Waals surface area contributed by atoms with Gasteiger partial charge in [-0.3, -0.25) is 4.79 Å². The Balaban J connectivity index is 2.21. The first-order chi connectivity index (χ1) is 8.17. The van der Waals surface area contributed by atoms with Crippen LogP contribution in [0.1, 0.15) is 10.4 Å². The second-order valence-electron chi connectivity index (χ2n) is 3.12. The molecule has 0 amide bonds. The molecule has 86 valence electrons. The molecule has 1 aromatic carbocycles. The summed E-state index contributed by atoms with van der Waals surface area (Å²) in [5.41, 5.74) is 0.280. The molecule has 0 fully saturated rings. The van der Waals surface area contributed by atoms with E-state index in [1.807, 2.05) is 0 Å². The van der Waals surface area contributed by atoms with Gasteiger partial charge in [-0.1, -0.05) is 0 Å². The Morgan fingerprint density at radius 3 is 2.18 bits per heavy atom. The SMILES string of the molecule is O=Cc1cnc(Oc2cc(F)cc(F)c2)nc1. The van der Waals surface area contributed by atoms with Crippen molar-refractivity contribution < 1.29 is 18.3 Å². The first-order valence-electron chi connectivity index (χ1n) is 4.58. The lowest BCUT2D eigenvalue weighted by atomic mass is 10.3. The van der Waals surface area contributed by atoms with Crippen molar-refractivity contribution in [2.45, 2.75) is 0 Å². The molecule has 0 saturated heterocycles. The van der Waals surface area contributed by atoms with Gasteiger partial charge in [-0.15, -0.1) is 0 Å². The molecule has 0 aliphatic rings. The fraction of sp³-hybridized carbons (Fsp3) is 0. The zero-order valence-corrected chi connectivity index (χ0v) is 8.43. The van der Waals surface area contributed by atoms with Gasteiger partial charge < -0.3 is 4.74 Å². The summed E-state index contributed by atoms with van der Waals surface area (Å²) in [6.07, 6.45) is 3.06. The molecule has 0 saturated carbocycles. The van der Waals surface area contributed by atoms with E-state index in [1.54, 1.807) is 0 Å². The lowest BCUT2D eigenvalue weighted by Gasteiger charge is -2.03. The maximum atomic E-state index is 12.8. The Morgan fingerprint density at radius 1 is 1.06 bits per heavy atom. The molecule has 0 aliphatic heterocycles. The van der Waals surface area contributed by atoms with Crippen LogP contribution in [0.25, 0.3) is 0 Å². The Labute approximate surface area is 94.9 Å². The van der Waals surface area contributed by atoms with E-state index in [0.717, 1.165) is 18.2 Å². The van der Waals surface area contributed by atoms with Crippen LogP contribution < -0.4 is 4.74 Å². The topological polar surface area (TPSA) is 52.1 Å². The van der Waals surface area contributed by atoms with Crippen LogP contribution in [0, 0.1) is 11.6 Å². The minimum atomic E-state index is -0.760. The van der Waals surface area contributed by atoms with Crippen LogP contribution in [0.5, 0.6) is 11.8 Å². The molecule has 2 aromatic rings. The van der Waals surface area contributed by atoms with Gasteiger partial charge in [0.1, 0.15) is 17.4 Å². The number of carbonyl (C=O) groups excluding carboxylic acids is 1. The number of halogens is 2. The Kier molecular flexibility index (Phi) is 3.04. The van der Waals surface area contributed by atoms with Crippen molar-refractivity contribution in [1.29, 1.82) is 0 Å². The Hall–Kier alpha value is -2.37. The minimum absolute atomic E-state index is 0.0543. The monoisotopic (exact) mass is 236 g/mol. The van der Waals surface area contributed by atoms with Crippen LogP contribution in [-0.2, 0) is 0 Å². The van der Waals surface area contributed by atoms with Gasteiger partial charge in [0.25, 0.3) is 0 Å². The van der Waals surface area contributed by atoms with Crippen molar-refractivity contribution in [2.75, 3.05) is 0 Å². The van der Waals surface area contributed by atoms with E-state index >= 15 is 0 Å². The summed E-state index contributed by atoms with van der Waals surface area (Å²) in [6, 6.07) is 2.63. The quantitative estimate of drug-likeness (QED) is 0.767. The van der Waals surface area contributed by atoms with Gasteiger partial charge in [0, 0.05) is 30.6 Å². The maximum Gasteiger partial charge on any atom is 0.321 e. The van der Waals surface area contributed by atoms with E-state index in [-0.39, 0.29) is 17.3 Å². The number of hydrogen-bond donors (Lipinski definition) is 0. The highest BCUT2D eigenvalue weighted by molar-refractivity contribution is 5.73. The third-order valence-corrected chi connectivity index (χ3v) is 1.83. The third-order valence-electron chi connectivity index (χ3n) is 1.83. The molecule has 0 unspecified atom stereocenters. The van der Waals surface area contributed by atoms with Crippen molar-refractivity contribution in [2.24, 2.45) is 0 Å². The standard InChI is InChI=1S/C11H6F2N2O2/c12-8-1-9(13)3-10(2-8)17-11-14-4-7(6-16)5-15-11/h1-6H. The molecule has 0 N–H and O–H groups in total. The fourth-order valence-electron chi connectivity index (χ4n) is 1.13. The van der Waals surface area contributed by atoms with Gasteiger partial charge in [-0.25, -0.2) is 18.7 Å². The van der Waals surface area contributed by atoms with E-state index in [4.69, 9.17) is 4.74 Å². The number of rotatable bonds is 3. The van der Waals surface area contributed by atoms with E-state index in [9.17, 15) is 13.6 Å². The molecule has 1 aromatic heterocycles. The molecule has 0 spiro atoms. The van der Waals surface area contributed by atoms with Crippen molar-refractivity contribution in [1.82, 2.24) is 9.97 Å². The summed E-state index contributed by atoms with van der Waals surface area (Å²) < 4.78 is 30.7. The Morgan fingerprint density at radius 2 is 1.65 bits per heavy atom. The summed E-state index contributed by atoms with van der Waals surface area (Å²) in [6.45, 7) is 0. The molecule has 2 rings (SSSR count). The number of nitrogens with zero attached hydrogens (tertiary/aromatic N) is 2. The summed E-state index contributed by atoms with van der Waals surface area (Å²) in [7, 11) is 0. The molecule has 0 bridgehead atoms. The second kappa shape index (κ2) is 4.65. The van der Waals surface area contributed by atoms with Gasteiger partial charge in [0.2, 0.25) is 0 Å². The largest absolute Gasteiger partial charge is 0.424 e. The fourth-order valence-corrected chi connectivity index (χ4v) is 1.13. The smallest absolute Gasteiger partial charge is 0.321 e. The number of carbonyl (C=O) groups is 1. The summed E-state index contributed by atoms with van der Waals surface area (Å²) in [4.78, 5) is 17.7.